The number of rotatable bonds is 2. The highest BCUT2D eigenvalue weighted by Crippen LogP contribution is 2.29. The summed E-state index contributed by atoms with van der Waals surface area (Å²) in [6.45, 7) is 1.90. The van der Waals surface area contributed by atoms with E-state index in [0.717, 1.165) is 12.0 Å². The smallest absolute Gasteiger partial charge is 0.172 e. The molecule has 1 heterocycles. The summed E-state index contributed by atoms with van der Waals surface area (Å²) in [4.78, 5) is 10.5. The Hall–Kier alpha value is -1.19. The van der Waals surface area contributed by atoms with Gasteiger partial charge in [-0.05, 0) is 19.8 Å². The lowest BCUT2D eigenvalue weighted by Crippen LogP contribution is -2.08. The summed E-state index contributed by atoms with van der Waals surface area (Å²) in [7, 11) is 0. The Kier molecular flexibility index (Phi) is 2.12. The number of carbonyl (C=O) groups is 1. The molecule has 0 N–H and O–H groups in total. The molecule has 1 aliphatic carbocycles. The van der Waals surface area contributed by atoms with Crippen LogP contribution in [0, 0.1) is 6.92 Å². The van der Waals surface area contributed by atoms with E-state index in [1.165, 1.54) is 25.7 Å². The van der Waals surface area contributed by atoms with Gasteiger partial charge in [-0.3, -0.25) is 4.79 Å². The molecule has 4 heteroatoms. The Bertz CT molecular complexity index is 313. The van der Waals surface area contributed by atoms with E-state index in [9.17, 15) is 4.79 Å². The molecule has 0 radical (unpaired) electrons. The second-order valence-electron chi connectivity index (χ2n) is 3.56. The van der Waals surface area contributed by atoms with Crippen molar-refractivity contribution in [2.45, 2.75) is 38.6 Å². The van der Waals surface area contributed by atoms with Crippen molar-refractivity contribution in [3.63, 3.8) is 0 Å². The van der Waals surface area contributed by atoms with Gasteiger partial charge in [-0.15, -0.1) is 5.10 Å². The minimum absolute atomic E-state index is 0.473. The molecular weight excluding hydrogens is 166 g/mol. The van der Waals surface area contributed by atoms with Gasteiger partial charge in [0.2, 0.25) is 0 Å². The lowest BCUT2D eigenvalue weighted by atomic mass is 10.2. The molecule has 0 amide bonds. The van der Waals surface area contributed by atoms with Crippen LogP contribution >= 0.6 is 0 Å². The van der Waals surface area contributed by atoms with Gasteiger partial charge in [-0.25, -0.2) is 4.68 Å². The predicted octanol–water partition coefficient (Wildman–Crippen LogP) is 1.51. The molecule has 0 spiro atoms. The largest absolute Gasteiger partial charge is 0.296 e. The zero-order valence-electron chi connectivity index (χ0n) is 7.73. The quantitative estimate of drug-likeness (QED) is 0.646. The fourth-order valence-electron chi connectivity index (χ4n) is 1.96. The van der Waals surface area contributed by atoms with Gasteiger partial charge in [0.05, 0.1) is 11.7 Å². The number of aldehydes is 1. The minimum Gasteiger partial charge on any atom is -0.296 e. The number of aromatic nitrogens is 3. The topological polar surface area (TPSA) is 47.8 Å². The average molecular weight is 179 g/mol. The van der Waals surface area contributed by atoms with Crippen LogP contribution in [-0.2, 0) is 0 Å². The van der Waals surface area contributed by atoms with E-state index < -0.39 is 0 Å². The standard InChI is InChI=1S/C9H13N3O/c1-7-9(6-13)10-11-12(7)8-4-2-3-5-8/h6,8H,2-5H2,1H3. The van der Waals surface area contributed by atoms with Crippen LogP contribution in [0.1, 0.15) is 47.9 Å². The van der Waals surface area contributed by atoms with E-state index >= 15 is 0 Å². The van der Waals surface area contributed by atoms with E-state index in [-0.39, 0.29) is 0 Å². The number of nitrogens with zero attached hydrogens (tertiary/aromatic N) is 3. The van der Waals surface area contributed by atoms with E-state index in [0.29, 0.717) is 11.7 Å². The molecule has 13 heavy (non-hydrogen) atoms. The summed E-state index contributed by atoms with van der Waals surface area (Å²) in [6, 6.07) is 0.473. The molecule has 4 nitrogen and oxygen atoms in total. The molecule has 0 unspecified atom stereocenters. The highest BCUT2D eigenvalue weighted by atomic mass is 16.1. The zero-order valence-corrected chi connectivity index (χ0v) is 7.73. The van der Waals surface area contributed by atoms with Crippen molar-refractivity contribution in [2.75, 3.05) is 0 Å². The van der Waals surface area contributed by atoms with Gasteiger partial charge in [0, 0.05) is 0 Å². The Morgan fingerprint density at radius 2 is 2.15 bits per heavy atom. The van der Waals surface area contributed by atoms with Gasteiger partial charge in [-0.2, -0.15) is 0 Å². The van der Waals surface area contributed by atoms with E-state index in [4.69, 9.17) is 0 Å². The molecule has 0 aromatic carbocycles. The van der Waals surface area contributed by atoms with Crippen molar-refractivity contribution in [3.05, 3.63) is 11.4 Å². The maximum Gasteiger partial charge on any atom is 0.172 e. The summed E-state index contributed by atoms with van der Waals surface area (Å²) in [5.74, 6) is 0. The summed E-state index contributed by atoms with van der Waals surface area (Å²) in [6.07, 6.45) is 5.64. The zero-order chi connectivity index (χ0) is 9.26. The van der Waals surface area contributed by atoms with Crippen molar-refractivity contribution in [1.82, 2.24) is 15.0 Å². The molecule has 1 aliphatic rings. The van der Waals surface area contributed by atoms with Crippen LogP contribution in [0.15, 0.2) is 0 Å². The minimum atomic E-state index is 0.473. The van der Waals surface area contributed by atoms with Gasteiger partial charge >= 0.3 is 0 Å². The molecule has 70 valence electrons. The summed E-state index contributed by atoms with van der Waals surface area (Å²) >= 11 is 0. The summed E-state index contributed by atoms with van der Waals surface area (Å²) < 4.78 is 1.90. The molecular formula is C9H13N3O. The normalized spacial score (nSPS) is 17.9. The maximum absolute atomic E-state index is 10.5. The monoisotopic (exact) mass is 179 g/mol. The summed E-state index contributed by atoms with van der Waals surface area (Å²) in [5, 5.41) is 7.83. The van der Waals surface area contributed by atoms with Crippen molar-refractivity contribution >= 4 is 6.29 Å². The molecule has 1 saturated carbocycles. The molecule has 0 bridgehead atoms. The van der Waals surface area contributed by atoms with Crippen LogP contribution in [0.4, 0.5) is 0 Å². The van der Waals surface area contributed by atoms with E-state index in [1.54, 1.807) is 0 Å². The van der Waals surface area contributed by atoms with E-state index in [2.05, 4.69) is 10.3 Å². The third-order valence-electron chi connectivity index (χ3n) is 2.75. The Morgan fingerprint density at radius 3 is 2.69 bits per heavy atom. The SMILES string of the molecule is Cc1c(C=O)nnn1C1CCCC1. The van der Waals surface area contributed by atoms with Crippen LogP contribution < -0.4 is 0 Å². The van der Waals surface area contributed by atoms with Gasteiger partial charge in [0.25, 0.3) is 0 Å². The lowest BCUT2D eigenvalue weighted by Gasteiger charge is -2.09. The number of hydrogen-bond acceptors (Lipinski definition) is 3. The van der Waals surface area contributed by atoms with Gasteiger partial charge in [0.1, 0.15) is 5.69 Å². The maximum atomic E-state index is 10.5. The average Bonchev–Trinajstić information content (AvgIpc) is 2.72. The lowest BCUT2D eigenvalue weighted by molar-refractivity contribution is 0.111. The van der Waals surface area contributed by atoms with Crippen LogP contribution in [0.25, 0.3) is 0 Å². The first kappa shape index (κ1) is 8.41. The Balaban J connectivity index is 2.29. The second kappa shape index (κ2) is 3.28. The van der Waals surface area contributed by atoms with Crippen LogP contribution in [0.5, 0.6) is 0 Å². The third kappa shape index (κ3) is 1.36. The van der Waals surface area contributed by atoms with Crippen LogP contribution in [-0.4, -0.2) is 21.3 Å². The van der Waals surface area contributed by atoms with Crippen LogP contribution in [0.2, 0.25) is 0 Å². The Morgan fingerprint density at radius 1 is 1.46 bits per heavy atom. The first-order valence-electron chi connectivity index (χ1n) is 4.70. The molecule has 0 aliphatic heterocycles. The van der Waals surface area contributed by atoms with Crippen molar-refractivity contribution in [2.24, 2.45) is 0 Å². The predicted molar refractivity (Wildman–Crippen MR) is 47.7 cm³/mol. The second-order valence-corrected chi connectivity index (χ2v) is 3.56. The number of hydrogen-bond donors (Lipinski definition) is 0. The highest BCUT2D eigenvalue weighted by molar-refractivity contribution is 5.72. The number of carbonyl (C=O) groups excluding carboxylic acids is 1. The molecule has 0 atom stereocenters. The van der Waals surface area contributed by atoms with Gasteiger partial charge in [-0.1, -0.05) is 18.1 Å². The van der Waals surface area contributed by atoms with Crippen molar-refractivity contribution in [1.29, 1.82) is 0 Å². The van der Waals surface area contributed by atoms with Crippen LogP contribution in [0.3, 0.4) is 0 Å². The van der Waals surface area contributed by atoms with Gasteiger partial charge in [0.15, 0.2) is 6.29 Å². The summed E-state index contributed by atoms with van der Waals surface area (Å²) in [5.41, 5.74) is 1.38. The molecule has 1 aromatic heterocycles. The highest BCUT2D eigenvalue weighted by Gasteiger charge is 2.20. The molecule has 2 rings (SSSR count). The van der Waals surface area contributed by atoms with E-state index in [1.807, 2.05) is 11.6 Å². The van der Waals surface area contributed by atoms with Crippen molar-refractivity contribution < 1.29 is 4.79 Å². The molecule has 1 fully saturated rings. The van der Waals surface area contributed by atoms with Gasteiger partial charge < -0.3 is 0 Å². The fraction of sp³-hybridized carbons (Fsp3) is 0.667. The van der Waals surface area contributed by atoms with Crippen molar-refractivity contribution in [3.8, 4) is 0 Å². The first-order chi connectivity index (χ1) is 6.33. The molecule has 0 saturated heterocycles. The third-order valence-corrected chi connectivity index (χ3v) is 2.75. The first-order valence-corrected chi connectivity index (χ1v) is 4.70. The molecule has 1 aromatic rings. The fourth-order valence-corrected chi connectivity index (χ4v) is 1.96. The Labute approximate surface area is 76.9 Å².